The van der Waals surface area contributed by atoms with E-state index in [1.807, 2.05) is 48.5 Å². The minimum atomic E-state index is -1.02. The molecular weight excluding hydrogens is 316 g/mol. The molecule has 0 amide bonds. The van der Waals surface area contributed by atoms with E-state index in [0.29, 0.717) is 6.61 Å². The Morgan fingerprint density at radius 3 is 2.40 bits per heavy atom. The normalized spacial score (nSPS) is 13.8. The first-order valence-corrected chi connectivity index (χ1v) is 7.55. The van der Waals surface area contributed by atoms with Crippen molar-refractivity contribution in [3.63, 3.8) is 0 Å². The van der Waals surface area contributed by atoms with E-state index in [2.05, 4.69) is 22.9 Å². The molecule has 2 nitrogen and oxygen atoms in total. The molecule has 0 saturated heterocycles. The first-order chi connectivity index (χ1) is 9.54. The van der Waals surface area contributed by atoms with Gasteiger partial charge >= 0.3 is 0 Å². The van der Waals surface area contributed by atoms with Gasteiger partial charge < -0.3 is 9.84 Å². The minimum absolute atomic E-state index is 0.710. The third-order valence-corrected chi connectivity index (χ3v) is 3.77. The van der Waals surface area contributed by atoms with Crippen LogP contribution in [0.1, 0.15) is 31.4 Å². The van der Waals surface area contributed by atoms with Crippen LogP contribution < -0.4 is 4.74 Å². The van der Waals surface area contributed by atoms with Gasteiger partial charge in [-0.3, -0.25) is 0 Å². The van der Waals surface area contributed by atoms with Gasteiger partial charge in [0.15, 0.2) is 0 Å². The summed E-state index contributed by atoms with van der Waals surface area (Å²) in [4.78, 5) is 0. The average Bonchev–Trinajstić information content (AvgIpc) is 2.45. The number of ether oxygens (including phenoxy) is 1. The second-order valence-electron chi connectivity index (χ2n) is 4.96. The molecule has 0 bridgehead atoms. The maximum Gasteiger partial charge on any atom is 0.119 e. The fourth-order valence-corrected chi connectivity index (χ4v) is 2.45. The van der Waals surface area contributed by atoms with Gasteiger partial charge in [-0.05, 0) is 48.7 Å². The number of benzene rings is 2. The zero-order valence-corrected chi connectivity index (χ0v) is 13.4. The first-order valence-electron chi connectivity index (χ1n) is 6.76. The van der Waals surface area contributed by atoms with Crippen molar-refractivity contribution in [3.8, 4) is 5.75 Å². The quantitative estimate of drug-likeness (QED) is 0.872. The Balaban J connectivity index is 2.25. The number of hydrogen-bond acceptors (Lipinski definition) is 2. The Kier molecular flexibility index (Phi) is 4.84. The topological polar surface area (TPSA) is 29.5 Å². The highest BCUT2D eigenvalue weighted by Gasteiger charge is 2.25. The van der Waals surface area contributed by atoms with Gasteiger partial charge in [-0.2, -0.15) is 0 Å². The Labute approximate surface area is 128 Å². The lowest BCUT2D eigenvalue weighted by molar-refractivity contribution is 0.102. The molecule has 2 rings (SSSR count). The van der Waals surface area contributed by atoms with Gasteiger partial charge in [0.2, 0.25) is 0 Å². The highest BCUT2D eigenvalue weighted by Crippen LogP contribution is 2.31. The SMILES string of the molecule is CCCOc1ccc(C(C)(O)c2cccc(Br)c2)cc1. The molecule has 0 saturated carbocycles. The van der Waals surface area contributed by atoms with Crippen LogP contribution in [-0.2, 0) is 5.60 Å². The summed E-state index contributed by atoms with van der Waals surface area (Å²) in [7, 11) is 0. The molecule has 0 heterocycles. The van der Waals surface area contributed by atoms with Crippen LogP contribution >= 0.6 is 15.9 Å². The summed E-state index contributed by atoms with van der Waals surface area (Å²) in [6.45, 7) is 4.59. The summed E-state index contributed by atoms with van der Waals surface area (Å²) < 4.78 is 6.52. The number of hydrogen-bond donors (Lipinski definition) is 1. The molecule has 1 N–H and O–H groups in total. The van der Waals surface area contributed by atoms with Crippen molar-refractivity contribution < 1.29 is 9.84 Å². The van der Waals surface area contributed by atoms with Gasteiger partial charge in [-0.1, -0.05) is 47.1 Å². The summed E-state index contributed by atoms with van der Waals surface area (Å²) >= 11 is 3.44. The fourth-order valence-electron chi connectivity index (χ4n) is 2.05. The Hall–Kier alpha value is -1.32. The summed E-state index contributed by atoms with van der Waals surface area (Å²) in [6, 6.07) is 15.3. The third kappa shape index (κ3) is 3.41. The largest absolute Gasteiger partial charge is 0.494 e. The predicted molar refractivity (Wildman–Crippen MR) is 85.0 cm³/mol. The van der Waals surface area contributed by atoms with Gasteiger partial charge in [0.25, 0.3) is 0 Å². The zero-order valence-electron chi connectivity index (χ0n) is 11.8. The molecule has 0 aliphatic carbocycles. The molecule has 2 aromatic rings. The van der Waals surface area contributed by atoms with E-state index in [1.165, 1.54) is 0 Å². The second kappa shape index (κ2) is 6.42. The molecule has 3 heteroatoms. The van der Waals surface area contributed by atoms with Crippen molar-refractivity contribution >= 4 is 15.9 Å². The van der Waals surface area contributed by atoms with Crippen LogP contribution in [-0.4, -0.2) is 11.7 Å². The standard InChI is InChI=1S/C17H19BrO2/c1-3-11-20-16-9-7-13(8-10-16)17(2,19)14-5-4-6-15(18)12-14/h4-10,12,19H,3,11H2,1-2H3. The second-order valence-corrected chi connectivity index (χ2v) is 5.87. The van der Waals surface area contributed by atoms with Crippen LogP contribution in [0, 0.1) is 0 Å². The first kappa shape index (κ1) is 15.1. The number of aliphatic hydroxyl groups is 1. The highest BCUT2D eigenvalue weighted by molar-refractivity contribution is 9.10. The van der Waals surface area contributed by atoms with E-state index in [0.717, 1.165) is 27.8 Å². The van der Waals surface area contributed by atoms with Crippen molar-refractivity contribution in [1.82, 2.24) is 0 Å². The molecule has 106 valence electrons. The van der Waals surface area contributed by atoms with Gasteiger partial charge in [-0.15, -0.1) is 0 Å². The molecule has 2 aromatic carbocycles. The van der Waals surface area contributed by atoms with Crippen LogP contribution in [0.3, 0.4) is 0 Å². The highest BCUT2D eigenvalue weighted by atomic mass is 79.9. The number of halogens is 1. The Bertz CT molecular complexity index is 561. The molecule has 1 atom stereocenters. The summed E-state index contributed by atoms with van der Waals surface area (Å²) in [6.07, 6.45) is 0.984. The van der Waals surface area contributed by atoms with Crippen molar-refractivity contribution in [2.45, 2.75) is 25.9 Å². The predicted octanol–water partition coefficient (Wildman–Crippen LogP) is 4.49. The molecule has 0 aromatic heterocycles. The van der Waals surface area contributed by atoms with E-state index in [-0.39, 0.29) is 0 Å². The molecule has 1 unspecified atom stereocenters. The van der Waals surface area contributed by atoms with E-state index < -0.39 is 5.60 Å². The van der Waals surface area contributed by atoms with Gasteiger partial charge in [-0.25, -0.2) is 0 Å². The Morgan fingerprint density at radius 1 is 1.10 bits per heavy atom. The maximum atomic E-state index is 10.8. The van der Waals surface area contributed by atoms with Crippen molar-refractivity contribution in [1.29, 1.82) is 0 Å². The fraction of sp³-hybridized carbons (Fsp3) is 0.294. The minimum Gasteiger partial charge on any atom is -0.494 e. The Morgan fingerprint density at radius 2 is 1.80 bits per heavy atom. The summed E-state index contributed by atoms with van der Waals surface area (Å²) in [5.74, 6) is 0.834. The van der Waals surface area contributed by atoms with Crippen molar-refractivity contribution in [3.05, 3.63) is 64.1 Å². The van der Waals surface area contributed by atoms with Crippen LogP contribution in [0.5, 0.6) is 5.75 Å². The lowest BCUT2D eigenvalue weighted by Gasteiger charge is -2.25. The average molecular weight is 335 g/mol. The lowest BCUT2D eigenvalue weighted by Crippen LogP contribution is -2.22. The molecule has 0 aliphatic rings. The number of rotatable bonds is 5. The summed E-state index contributed by atoms with van der Waals surface area (Å²) in [5.41, 5.74) is 0.682. The molecule has 0 spiro atoms. The van der Waals surface area contributed by atoms with E-state index in [4.69, 9.17) is 4.74 Å². The monoisotopic (exact) mass is 334 g/mol. The van der Waals surface area contributed by atoms with Gasteiger partial charge in [0.1, 0.15) is 11.4 Å². The lowest BCUT2D eigenvalue weighted by atomic mass is 9.88. The van der Waals surface area contributed by atoms with Crippen molar-refractivity contribution in [2.24, 2.45) is 0 Å². The maximum absolute atomic E-state index is 10.8. The molecule has 0 aliphatic heterocycles. The van der Waals surface area contributed by atoms with E-state index >= 15 is 0 Å². The molecule has 0 fully saturated rings. The van der Waals surface area contributed by atoms with Crippen LogP contribution in [0.4, 0.5) is 0 Å². The third-order valence-electron chi connectivity index (χ3n) is 3.28. The van der Waals surface area contributed by atoms with E-state index in [1.54, 1.807) is 6.92 Å². The van der Waals surface area contributed by atoms with E-state index in [9.17, 15) is 5.11 Å². The summed E-state index contributed by atoms with van der Waals surface area (Å²) in [5, 5.41) is 10.8. The molecule has 0 radical (unpaired) electrons. The van der Waals surface area contributed by atoms with Crippen LogP contribution in [0.25, 0.3) is 0 Å². The van der Waals surface area contributed by atoms with Gasteiger partial charge in [0, 0.05) is 4.47 Å². The van der Waals surface area contributed by atoms with Crippen LogP contribution in [0.15, 0.2) is 53.0 Å². The van der Waals surface area contributed by atoms with Gasteiger partial charge in [0.05, 0.1) is 6.61 Å². The van der Waals surface area contributed by atoms with Crippen LogP contribution in [0.2, 0.25) is 0 Å². The smallest absolute Gasteiger partial charge is 0.119 e. The van der Waals surface area contributed by atoms with Crippen molar-refractivity contribution in [2.75, 3.05) is 6.61 Å². The molecule has 20 heavy (non-hydrogen) atoms. The molecular formula is C17H19BrO2. The zero-order chi connectivity index (χ0) is 14.6.